The molecule has 0 fully saturated rings. The minimum absolute atomic E-state index is 3.62. The van der Waals surface area contributed by atoms with Crippen LogP contribution in [0, 0.1) is 0 Å². The molecule has 0 unspecified atom stereocenters. The van der Waals surface area contributed by atoms with E-state index in [9.17, 15) is 26.3 Å². The van der Waals surface area contributed by atoms with Crippen LogP contribution >= 0.6 is 46.4 Å². The van der Waals surface area contributed by atoms with E-state index in [2.05, 4.69) is 46.4 Å². The molecule has 0 saturated heterocycles. The SMILES string of the molecule is FC(F)(F)C(F)(F)[C@](F)(Cl)C(Cl)(Cl)Cl. The van der Waals surface area contributed by atoms with Gasteiger partial charge in [-0.3, -0.25) is 0 Å². The van der Waals surface area contributed by atoms with Crippen LogP contribution < -0.4 is 0 Å². The van der Waals surface area contributed by atoms with Gasteiger partial charge in [-0.05, 0) is 0 Å². The predicted molar refractivity (Wildman–Crippen MR) is 41.0 cm³/mol. The number of hydrogen-bond acceptors (Lipinski definition) is 0. The molecule has 0 bridgehead atoms. The number of alkyl halides is 10. The first kappa shape index (κ1) is 14.7. The van der Waals surface area contributed by atoms with Crippen molar-refractivity contribution in [3.8, 4) is 0 Å². The van der Waals surface area contributed by atoms with Gasteiger partial charge in [0, 0.05) is 0 Å². The summed E-state index contributed by atoms with van der Waals surface area (Å²) in [6.45, 7) is 0. The first-order valence-corrected chi connectivity index (χ1v) is 4.15. The summed E-state index contributed by atoms with van der Waals surface area (Å²) in [6.07, 6.45) is -6.26. The molecule has 0 heterocycles. The summed E-state index contributed by atoms with van der Waals surface area (Å²) in [5, 5.41) is -4.87. The smallest absolute Gasteiger partial charge is 0.214 e. The van der Waals surface area contributed by atoms with Gasteiger partial charge in [0.1, 0.15) is 0 Å². The zero-order chi connectivity index (χ0) is 12.0. The van der Waals surface area contributed by atoms with Crippen LogP contribution in [0.4, 0.5) is 26.3 Å². The van der Waals surface area contributed by atoms with Crippen molar-refractivity contribution in [2.75, 3.05) is 0 Å². The minimum atomic E-state index is -6.26. The Hall–Kier alpha value is 0.740. The van der Waals surface area contributed by atoms with Crippen molar-refractivity contribution in [1.29, 1.82) is 0 Å². The lowest BCUT2D eigenvalue weighted by Gasteiger charge is -2.33. The lowest BCUT2D eigenvalue weighted by atomic mass is 10.2. The van der Waals surface area contributed by atoms with Crippen LogP contribution in [0.15, 0.2) is 0 Å². The van der Waals surface area contributed by atoms with Crippen LogP contribution in [0.2, 0.25) is 0 Å². The zero-order valence-electron chi connectivity index (χ0n) is 5.78. The van der Waals surface area contributed by atoms with E-state index >= 15 is 0 Å². The van der Waals surface area contributed by atoms with Gasteiger partial charge in [-0.2, -0.15) is 22.0 Å². The normalized spacial score (nSPS) is 19.3. The summed E-state index contributed by atoms with van der Waals surface area (Å²) < 4.78 is 68.6. The van der Waals surface area contributed by atoms with E-state index in [-0.39, 0.29) is 0 Å². The molecule has 0 amide bonds. The monoisotopic (exact) mass is 302 g/mol. The Labute approximate surface area is 94.0 Å². The van der Waals surface area contributed by atoms with Gasteiger partial charge in [0.15, 0.2) is 0 Å². The maximum atomic E-state index is 12.8. The Bertz CT molecular complexity index is 191. The maximum Gasteiger partial charge on any atom is 0.458 e. The van der Waals surface area contributed by atoms with Crippen molar-refractivity contribution in [2.24, 2.45) is 0 Å². The molecule has 0 aliphatic carbocycles. The first-order valence-electron chi connectivity index (χ1n) is 2.64. The Morgan fingerprint density at radius 2 is 0.929 bits per heavy atom. The molecule has 0 aromatic rings. The lowest BCUT2D eigenvalue weighted by Crippen LogP contribution is -2.57. The molecule has 1 atom stereocenters. The van der Waals surface area contributed by atoms with Crippen LogP contribution in [0.3, 0.4) is 0 Å². The molecule has 0 N–H and O–H groups in total. The van der Waals surface area contributed by atoms with Gasteiger partial charge in [0.25, 0.3) is 0 Å². The van der Waals surface area contributed by atoms with Crippen molar-refractivity contribution in [1.82, 2.24) is 0 Å². The van der Waals surface area contributed by atoms with Gasteiger partial charge in [-0.15, -0.1) is 0 Å². The first-order chi connectivity index (χ1) is 5.75. The van der Waals surface area contributed by atoms with Crippen LogP contribution in [0.5, 0.6) is 0 Å². The third kappa shape index (κ3) is 2.28. The van der Waals surface area contributed by atoms with Gasteiger partial charge in [-0.1, -0.05) is 46.4 Å². The number of halogens is 10. The molecule has 0 nitrogen and oxygen atoms in total. The van der Waals surface area contributed by atoms with Crippen molar-refractivity contribution in [2.45, 2.75) is 21.0 Å². The second-order valence-corrected chi connectivity index (χ2v) is 4.95. The highest BCUT2D eigenvalue weighted by atomic mass is 35.6. The Balaban J connectivity index is 5.30. The van der Waals surface area contributed by atoms with E-state index in [4.69, 9.17) is 0 Å². The summed E-state index contributed by atoms with van der Waals surface area (Å²) in [5.74, 6) is -5.98. The van der Waals surface area contributed by atoms with Crippen LogP contribution in [0.1, 0.15) is 0 Å². The molecule has 14 heavy (non-hydrogen) atoms. The average Bonchev–Trinajstić information content (AvgIpc) is 1.81. The fourth-order valence-electron chi connectivity index (χ4n) is 0.356. The van der Waals surface area contributed by atoms with Crippen LogP contribution in [-0.2, 0) is 0 Å². The standard InChI is InChI=1S/C4Cl4F6/c5-1(9,3(6,7)8)2(10,11)4(12,13)14/t1-/m1/s1. The zero-order valence-corrected chi connectivity index (χ0v) is 8.80. The van der Waals surface area contributed by atoms with Gasteiger partial charge < -0.3 is 0 Å². The average molecular weight is 304 g/mol. The maximum absolute atomic E-state index is 12.8. The van der Waals surface area contributed by atoms with Crippen LogP contribution in [-0.4, -0.2) is 21.0 Å². The highest BCUT2D eigenvalue weighted by Crippen LogP contribution is 2.57. The summed E-state index contributed by atoms with van der Waals surface area (Å²) >= 11 is 17.9. The Kier molecular flexibility index (Phi) is 3.84. The van der Waals surface area contributed by atoms with E-state index in [0.717, 1.165) is 0 Å². The van der Waals surface area contributed by atoms with Crippen molar-refractivity contribution < 1.29 is 26.3 Å². The summed E-state index contributed by atoms with van der Waals surface area (Å²) in [6, 6.07) is 0. The molecule has 10 heteroatoms. The lowest BCUT2D eigenvalue weighted by molar-refractivity contribution is -0.311. The third-order valence-corrected chi connectivity index (χ3v) is 2.70. The third-order valence-electron chi connectivity index (χ3n) is 1.11. The predicted octanol–water partition coefficient (Wildman–Crippen LogP) is 4.46. The van der Waals surface area contributed by atoms with E-state index in [1.807, 2.05) is 0 Å². The molecule has 86 valence electrons. The molecular formula is C4Cl4F6. The van der Waals surface area contributed by atoms with E-state index in [1.165, 1.54) is 0 Å². The summed E-state index contributed by atoms with van der Waals surface area (Å²) in [4.78, 5) is 0. The fraction of sp³-hybridized carbons (Fsp3) is 1.00. The van der Waals surface area contributed by atoms with E-state index in [1.54, 1.807) is 0 Å². The molecule has 0 rings (SSSR count). The number of hydrogen-bond donors (Lipinski definition) is 0. The van der Waals surface area contributed by atoms with Crippen molar-refractivity contribution >= 4 is 46.4 Å². The van der Waals surface area contributed by atoms with Crippen molar-refractivity contribution in [3.05, 3.63) is 0 Å². The quantitative estimate of drug-likeness (QED) is 0.495. The van der Waals surface area contributed by atoms with Gasteiger partial charge >= 0.3 is 17.2 Å². The Morgan fingerprint density at radius 1 is 0.643 bits per heavy atom. The molecule has 0 aliphatic heterocycles. The highest BCUT2D eigenvalue weighted by molar-refractivity contribution is 6.70. The molecule has 0 aromatic carbocycles. The van der Waals surface area contributed by atoms with Gasteiger partial charge in [0.05, 0.1) is 0 Å². The Morgan fingerprint density at radius 3 is 1.00 bits per heavy atom. The highest BCUT2D eigenvalue weighted by Gasteiger charge is 2.77. The van der Waals surface area contributed by atoms with E-state index < -0.39 is 21.0 Å². The topological polar surface area (TPSA) is 0 Å². The van der Waals surface area contributed by atoms with Crippen LogP contribution in [0.25, 0.3) is 0 Å². The summed E-state index contributed by atoms with van der Waals surface area (Å²) in [7, 11) is 0. The number of rotatable bonds is 1. The molecule has 0 aliphatic rings. The van der Waals surface area contributed by atoms with Gasteiger partial charge in [-0.25, -0.2) is 4.39 Å². The molecule has 0 saturated carbocycles. The summed E-state index contributed by atoms with van der Waals surface area (Å²) in [5.41, 5.74) is 0. The second-order valence-electron chi connectivity index (χ2n) is 2.14. The second kappa shape index (κ2) is 3.64. The molecule has 0 spiro atoms. The minimum Gasteiger partial charge on any atom is -0.214 e. The molecular weight excluding hydrogens is 304 g/mol. The molecule has 0 aromatic heterocycles. The largest absolute Gasteiger partial charge is 0.458 e. The van der Waals surface area contributed by atoms with E-state index in [0.29, 0.717) is 0 Å². The van der Waals surface area contributed by atoms with Gasteiger partial charge in [0.2, 0.25) is 3.79 Å². The fourth-order valence-corrected chi connectivity index (χ4v) is 0.819. The van der Waals surface area contributed by atoms with Crippen molar-refractivity contribution in [3.63, 3.8) is 0 Å². The molecule has 0 radical (unpaired) electrons.